The van der Waals surface area contributed by atoms with Crippen molar-refractivity contribution in [2.75, 3.05) is 57.3 Å². The Morgan fingerprint density at radius 3 is 2.27 bits per heavy atom. The average molecular weight is 484 g/mol. The highest BCUT2D eigenvalue weighted by molar-refractivity contribution is 7.99. The van der Waals surface area contributed by atoms with E-state index in [1.165, 1.54) is 21.2 Å². The SMILES string of the molecule is CC(=O)c1ccc2c(c1)N(CCCN1CCN(CCO[Si](C)(C)C)CC1)c1ccccc1S2. The molecule has 1 fully saturated rings. The van der Waals surface area contributed by atoms with Gasteiger partial charge in [0.25, 0.3) is 0 Å². The normalized spacial score (nSPS) is 17.0. The number of carbonyl (C=O) groups is 1. The summed E-state index contributed by atoms with van der Waals surface area (Å²) in [5, 5.41) is 0. The van der Waals surface area contributed by atoms with Crippen LogP contribution in [0.4, 0.5) is 11.4 Å². The average Bonchev–Trinajstić information content (AvgIpc) is 2.78. The second-order valence-electron chi connectivity index (χ2n) is 9.96. The summed E-state index contributed by atoms with van der Waals surface area (Å²) >= 11 is 1.80. The Morgan fingerprint density at radius 2 is 1.58 bits per heavy atom. The molecule has 0 aromatic heterocycles. The molecule has 0 spiro atoms. The second kappa shape index (κ2) is 10.7. The Labute approximate surface area is 204 Å². The number of hydrogen-bond donors (Lipinski definition) is 0. The Kier molecular flexibility index (Phi) is 7.97. The van der Waals surface area contributed by atoms with E-state index in [1.54, 1.807) is 18.7 Å². The summed E-state index contributed by atoms with van der Waals surface area (Å²) in [7, 11) is -1.41. The van der Waals surface area contributed by atoms with E-state index in [0.717, 1.165) is 64.4 Å². The highest BCUT2D eigenvalue weighted by Crippen LogP contribution is 2.48. The molecule has 0 unspecified atom stereocenters. The van der Waals surface area contributed by atoms with Gasteiger partial charge in [-0.25, -0.2) is 0 Å². The maximum absolute atomic E-state index is 12.0. The van der Waals surface area contributed by atoms with Gasteiger partial charge in [0.1, 0.15) is 0 Å². The van der Waals surface area contributed by atoms with Crippen molar-refractivity contribution in [1.29, 1.82) is 0 Å². The van der Waals surface area contributed by atoms with Crippen LogP contribution < -0.4 is 4.90 Å². The fourth-order valence-corrected chi connectivity index (χ4v) is 6.24. The van der Waals surface area contributed by atoms with Gasteiger partial charge in [0.15, 0.2) is 14.1 Å². The third-order valence-corrected chi connectivity index (χ3v) is 8.50. The van der Waals surface area contributed by atoms with E-state index >= 15 is 0 Å². The largest absolute Gasteiger partial charge is 0.416 e. The molecular formula is C26H37N3O2SSi. The Bertz CT molecular complexity index is 970. The molecule has 5 nitrogen and oxygen atoms in total. The van der Waals surface area contributed by atoms with Crippen LogP contribution >= 0.6 is 11.8 Å². The van der Waals surface area contributed by atoms with Gasteiger partial charge in [0.05, 0.1) is 11.4 Å². The van der Waals surface area contributed by atoms with Crippen LogP contribution in [-0.4, -0.2) is 76.3 Å². The fourth-order valence-electron chi connectivity index (χ4n) is 4.46. The van der Waals surface area contributed by atoms with E-state index in [9.17, 15) is 4.79 Å². The van der Waals surface area contributed by atoms with Crippen LogP contribution in [0.2, 0.25) is 19.6 Å². The van der Waals surface area contributed by atoms with E-state index in [2.05, 4.69) is 70.7 Å². The Balaban J connectivity index is 1.33. The molecule has 0 atom stereocenters. The minimum atomic E-state index is -1.41. The number of carbonyl (C=O) groups excluding carboxylic acids is 1. The molecule has 0 radical (unpaired) electrons. The Hall–Kier alpha value is -1.64. The van der Waals surface area contributed by atoms with Gasteiger partial charge in [-0.05, 0) is 63.8 Å². The number of ketones is 1. The van der Waals surface area contributed by atoms with E-state index in [1.807, 2.05) is 6.07 Å². The number of rotatable bonds is 9. The van der Waals surface area contributed by atoms with Crippen molar-refractivity contribution in [2.24, 2.45) is 0 Å². The van der Waals surface area contributed by atoms with Gasteiger partial charge in [0, 0.05) is 61.2 Å². The van der Waals surface area contributed by atoms with Crippen LogP contribution in [0.25, 0.3) is 0 Å². The molecule has 0 N–H and O–H groups in total. The van der Waals surface area contributed by atoms with Gasteiger partial charge in [0.2, 0.25) is 0 Å². The number of benzene rings is 2. The molecule has 7 heteroatoms. The molecule has 0 saturated carbocycles. The summed E-state index contributed by atoms with van der Waals surface area (Å²) in [6, 6.07) is 14.7. The quantitative estimate of drug-likeness (QED) is 0.353. The number of nitrogens with zero attached hydrogens (tertiary/aromatic N) is 3. The molecule has 2 aromatic rings. The lowest BCUT2D eigenvalue weighted by Crippen LogP contribution is -2.48. The zero-order valence-electron chi connectivity index (χ0n) is 20.5. The molecule has 0 amide bonds. The highest BCUT2D eigenvalue weighted by Gasteiger charge is 2.24. The van der Waals surface area contributed by atoms with Crippen molar-refractivity contribution in [2.45, 2.75) is 42.8 Å². The molecule has 178 valence electrons. The monoisotopic (exact) mass is 483 g/mol. The summed E-state index contributed by atoms with van der Waals surface area (Å²) < 4.78 is 6.03. The second-order valence-corrected chi connectivity index (χ2v) is 15.6. The maximum atomic E-state index is 12.0. The van der Waals surface area contributed by atoms with Gasteiger partial charge < -0.3 is 14.2 Å². The van der Waals surface area contributed by atoms with E-state index in [4.69, 9.17) is 4.43 Å². The standard InChI is InChI=1S/C26H37N3O2SSi/c1-21(30)22-10-11-26-24(20-22)29(23-8-5-6-9-25(23)32-26)13-7-12-27-14-16-28(17-15-27)18-19-31-33(2,3)4/h5-6,8-11,20H,7,12-19H2,1-4H3. The summed E-state index contributed by atoms with van der Waals surface area (Å²) in [6.07, 6.45) is 1.10. The van der Waals surface area contributed by atoms with E-state index < -0.39 is 8.32 Å². The molecule has 1 saturated heterocycles. The van der Waals surface area contributed by atoms with Crippen molar-refractivity contribution < 1.29 is 9.22 Å². The van der Waals surface area contributed by atoms with Crippen LogP contribution in [0.5, 0.6) is 0 Å². The predicted octanol–water partition coefficient (Wildman–Crippen LogP) is 5.35. The molecule has 2 aromatic carbocycles. The lowest BCUT2D eigenvalue weighted by atomic mass is 10.1. The van der Waals surface area contributed by atoms with Crippen LogP contribution in [0.1, 0.15) is 23.7 Å². The van der Waals surface area contributed by atoms with Gasteiger partial charge in [-0.3, -0.25) is 9.69 Å². The van der Waals surface area contributed by atoms with Gasteiger partial charge in [-0.2, -0.15) is 0 Å². The highest BCUT2D eigenvalue weighted by atomic mass is 32.2. The third kappa shape index (κ3) is 6.48. The van der Waals surface area contributed by atoms with Crippen LogP contribution in [-0.2, 0) is 4.43 Å². The zero-order valence-corrected chi connectivity index (χ0v) is 22.3. The van der Waals surface area contributed by atoms with Crippen molar-refractivity contribution in [3.63, 3.8) is 0 Å². The number of anilines is 2. The molecule has 2 aliphatic heterocycles. The van der Waals surface area contributed by atoms with Crippen molar-refractivity contribution in [1.82, 2.24) is 9.80 Å². The minimum Gasteiger partial charge on any atom is -0.416 e. The van der Waals surface area contributed by atoms with Crippen molar-refractivity contribution in [3.05, 3.63) is 48.0 Å². The lowest BCUT2D eigenvalue weighted by Gasteiger charge is -2.36. The fraction of sp³-hybridized carbons (Fsp3) is 0.500. The number of fused-ring (bicyclic) bond motifs is 2. The number of hydrogen-bond acceptors (Lipinski definition) is 6. The Morgan fingerprint density at radius 1 is 0.909 bits per heavy atom. The first-order valence-electron chi connectivity index (χ1n) is 12.1. The number of para-hydroxylation sites is 1. The summed E-state index contributed by atoms with van der Waals surface area (Å²) in [5.41, 5.74) is 3.20. The summed E-state index contributed by atoms with van der Waals surface area (Å²) in [5.74, 6) is 0.120. The molecule has 33 heavy (non-hydrogen) atoms. The van der Waals surface area contributed by atoms with Gasteiger partial charge >= 0.3 is 0 Å². The molecule has 0 bridgehead atoms. The van der Waals surface area contributed by atoms with Crippen molar-refractivity contribution in [3.8, 4) is 0 Å². The molecule has 2 aliphatic rings. The molecule has 2 heterocycles. The van der Waals surface area contributed by atoms with Crippen LogP contribution in [0.15, 0.2) is 52.3 Å². The smallest absolute Gasteiger partial charge is 0.183 e. The number of piperazine rings is 1. The van der Waals surface area contributed by atoms with Gasteiger partial charge in [-0.1, -0.05) is 30.0 Å². The van der Waals surface area contributed by atoms with Gasteiger partial charge in [-0.15, -0.1) is 0 Å². The van der Waals surface area contributed by atoms with Crippen LogP contribution in [0.3, 0.4) is 0 Å². The first kappa shape index (κ1) is 24.5. The zero-order chi connectivity index (χ0) is 23.4. The lowest BCUT2D eigenvalue weighted by molar-refractivity contribution is 0.101. The third-order valence-electron chi connectivity index (χ3n) is 6.30. The van der Waals surface area contributed by atoms with E-state index in [0.29, 0.717) is 0 Å². The summed E-state index contributed by atoms with van der Waals surface area (Å²) in [6.45, 7) is 16.9. The maximum Gasteiger partial charge on any atom is 0.183 e. The predicted molar refractivity (Wildman–Crippen MR) is 141 cm³/mol. The topological polar surface area (TPSA) is 36.0 Å². The number of Topliss-reactive ketones (excluding diaryl/α,β-unsaturated/α-hetero) is 1. The van der Waals surface area contributed by atoms with Crippen LogP contribution in [0, 0.1) is 0 Å². The molecular weight excluding hydrogens is 446 g/mol. The first-order chi connectivity index (χ1) is 15.8. The molecule has 0 aliphatic carbocycles. The summed E-state index contributed by atoms with van der Waals surface area (Å²) in [4.78, 5) is 22.1. The first-order valence-corrected chi connectivity index (χ1v) is 16.3. The minimum absolute atomic E-state index is 0.120. The van der Waals surface area contributed by atoms with E-state index in [-0.39, 0.29) is 5.78 Å². The van der Waals surface area contributed by atoms with Crippen molar-refractivity contribution >= 4 is 37.2 Å². The molecule has 4 rings (SSSR count).